The van der Waals surface area contributed by atoms with Crippen molar-refractivity contribution in [3.63, 3.8) is 0 Å². The van der Waals surface area contributed by atoms with Crippen molar-refractivity contribution in [1.29, 1.82) is 0 Å². The van der Waals surface area contributed by atoms with E-state index in [0.29, 0.717) is 0 Å². The second-order valence-electron chi connectivity index (χ2n) is 4.02. The molecule has 0 saturated heterocycles. The molecule has 1 aromatic heterocycles. The number of aromatic nitrogens is 2. The van der Waals surface area contributed by atoms with E-state index in [1.807, 2.05) is 25.2 Å². The van der Waals surface area contributed by atoms with E-state index in [1.54, 1.807) is 17.4 Å². The van der Waals surface area contributed by atoms with E-state index in [4.69, 9.17) is 5.84 Å². The van der Waals surface area contributed by atoms with Crippen LogP contribution < -0.4 is 10.9 Å². The smallest absolute Gasteiger partial charge is 0.148 e. The van der Waals surface area contributed by atoms with E-state index in [1.165, 1.54) is 11.1 Å². The van der Waals surface area contributed by atoms with Crippen LogP contribution in [0.2, 0.25) is 0 Å². The maximum absolute atomic E-state index is 5.64. The van der Waals surface area contributed by atoms with Gasteiger partial charge in [-0.1, -0.05) is 29.3 Å². The summed E-state index contributed by atoms with van der Waals surface area (Å²) in [5.74, 6) is 5.64. The summed E-state index contributed by atoms with van der Waals surface area (Å²) in [4.78, 5) is 0. The third-order valence-corrected chi connectivity index (χ3v) is 2.65. The summed E-state index contributed by atoms with van der Waals surface area (Å²) < 4.78 is 0. The Kier molecular flexibility index (Phi) is 3.80. The zero-order valence-corrected chi connectivity index (χ0v) is 9.87. The highest BCUT2D eigenvalue weighted by Crippen LogP contribution is 2.22. The van der Waals surface area contributed by atoms with Crippen molar-refractivity contribution >= 4 is 0 Å². The van der Waals surface area contributed by atoms with Crippen LogP contribution in [0.15, 0.2) is 42.7 Å². The molecule has 0 amide bonds. The Morgan fingerprint density at radius 2 is 2.00 bits per heavy atom. The molecule has 0 saturated carbocycles. The minimum atomic E-state index is 0.829. The topological polar surface area (TPSA) is 57.7 Å². The minimum Gasteiger partial charge on any atom is -0.159 e. The first kappa shape index (κ1) is 11.7. The van der Waals surface area contributed by atoms with Gasteiger partial charge in [-0.25, -0.2) is 0 Å². The summed E-state index contributed by atoms with van der Waals surface area (Å²) in [5, 5.41) is 9.40. The lowest BCUT2D eigenvalue weighted by atomic mass is 9.99. The molecule has 0 aliphatic heterocycles. The van der Waals surface area contributed by atoms with Gasteiger partial charge in [0.15, 0.2) is 0 Å². The van der Waals surface area contributed by atoms with Gasteiger partial charge in [-0.3, -0.25) is 0 Å². The molecule has 17 heavy (non-hydrogen) atoms. The summed E-state index contributed by atoms with van der Waals surface area (Å²) in [6.07, 6.45) is 4.41. The first-order valence-electron chi connectivity index (χ1n) is 5.58. The van der Waals surface area contributed by atoms with E-state index in [9.17, 15) is 0 Å². The normalized spacial score (nSPS) is 10.8. The lowest BCUT2D eigenvalue weighted by molar-refractivity contribution is 0.504. The fourth-order valence-corrected chi connectivity index (χ4v) is 1.77. The number of nitrogens with two attached hydrogens (primary N) is 1. The molecule has 2 rings (SSSR count). The summed E-state index contributed by atoms with van der Waals surface area (Å²) in [6, 6.07) is 10.3. The highest BCUT2D eigenvalue weighted by molar-refractivity contribution is 5.66. The molecule has 0 spiro atoms. The van der Waals surface area contributed by atoms with Gasteiger partial charge in [0.2, 0.25) is 0 Å². The Balaban J connectivity index is 2.28. The van der Waals surface area contributed by atoms with Crippen LogP contribution in [0.1, 0.15) is 5.56 Å². The van der Waals surface area contributed by atoms with Gasteiger partial charge >= 0.3 is 0 Å². The molecule has 1 radical (unpaired) electrons. The highest BCUT2D eigenvalue weighted by Gasteiger charge is 2.08. The van der Waals surface area contributed by atoms with E-state index in [2.05, 4.69) is 22.3 Å². The molecule has 2 aromatic rings. The predicted octanol–water partition coefficient (Wildman–Crippen LogP) is 1.33. The number of hydrazine groups is 1. The van der Waals surface area contributed by atoms with Crippen LogP contribution in [0.25, 0.3) is 11.1 Å². The Labute approximate surface area is 101 Å². The minimum absolute atomic E-state index is 0.829. The molecule has 0 unspecified atom stereocenters. The second kappa shape index (κ2) is 5.52. The van der Waals surface area contributed by atoms with Crippen molar-refractivity contribution in [2.24, 2.45) is 5.84 Å². The quantitative estimate of drug-likeness (QED) is 0.488. The number of likely N-dealkylation sites (N-methyl/N-ethyl adjacent to an activating group) is 1. The van der Waals surface area contributed by atoms with Gasteiger partial charge in [0, 0.05) is 12.0 Å². The number of hydrogen-bond acceptors (Lipinski definition) is 4. The molecule has 2 N–H and O–H groups in total. The van der Waals surface area contributed by atoms with Crippen molar-refractivity contribution in [2.75, 3.05) is 13.6 Å². The van der Waals surface area contributed by atoms with Gasteiger partial charge in [0.25, 0.3) is 0 Å². The van der Waals surface area contributed by atoms with Crippen LogP contribution in [0.5, 0.6) is 0 Å². The largest absolute Gasteiger partial charge is 0.159 e. The van der Waals surface area contributed by atoms with E-state index < -0.39 is 0 Å². The summed E-state index contributed by atoms with van der Waals surface area (Å²) in [7, 11) is 1.87. The van der Waals surface area contributed by atoms with Crippen LogP contribution in [0, 0.1) is 0 Å². The molecular weight excluding hydrogens is 212 g/mol. The molecule has 87 valence electrons. The molecule has 0 fully saturated rings. The lowest BCUT2D eigenvalue weighted by Crippen LogP contribution is -2.34. The third kappa shape index (κ3) is 3.09. The van der Waals surface area contributed by atoms with Gasteiger partial charge in [-0.2, -0.15) is 10.2 Å². The van der Waals surface area contributed by atoms with Crippen LogP contribution in [-0.2, 0) is 6.42 Å². The maximum Gasteiger partial charge on any atom is 0.148 e. The van der Waals surface area contributed by atoms with Crippen LogP contribution in [-0.4, -0.2) is 23.8 Å². The van der Waals surface area contributed by atoms with Gasteiger partial charge in [0.1, 0.15) is 13.6 Å². The van der Waals surface area contributed by atoms with Crippen LogP contribution in [0.3, 0.4) is 0 Å². The summed E-state index contributed by atoms with van der Waals surface area (Å²) >= 11 is 0. The zero-order valence-electron chi connectivity index (χ0n) is 9.87. The summed E-state index contributed by atoms with van der Waals surface area (Å²) in [5.41, 5.74) is 3.57. The van der Waals surface area contributed by atoms with Crippen molar-refractivity contribution in [3.8, 4) is 11.1 Å². The number of hydrogen-bond donors (Lipinski definition) is 1. The Morgan fingerprint density at radius 1 is 1.18 bits per heavy atom. The fraction of sp³-hybridized carbons (Fsp3) is 0.231. The molecule has 0 aliphatic rings. The first-order chi connectivity index (χ1) is 8.27. The first-order valence-corrected chi connectivity index (χ1v) is 5.58. The van der Waals surface area contributed by atoms with E-state index in [-0.39, 0.29) is 0 Å². The monoisotopic (exact) mass is 228 g/mol. The summed E-state index contributed by atoms with van der Waals surface area (Å²) in [6.45, 7) is 0.829. The highest BCUT2D eigenvalue weighted by atomic mass is 15.4. The average Bonchev–Trinajstić information content (AvgIpc) is 2.38. The molecule has 0 atom stereocenters. The maximum atomic E-state index is 5.64. The Hall–Kier alpha value is -1.78. The molecule has 1 aromatic carbocycles. The SMILES string of the molecule is C[N+](N)CCc1ccccc1-c1ccnnc1. The molecule has 0 bridgehead atoms. The van der Waals surface area contributed by atoms with Gasteiger partial charge in [0.05, 0.1) is 12.4 Å². The second-order valence-corrected chi connectivity index (χ2v) is 4.02. The molecular formula is C13H16N4+. The van der Waals surface area contributed by atoms with Gasteiger partial charge < -0.3 is 0 Å². The number of benzene rings is 1. The average molecular weight is 228 g/mol. The zero-order chi connectivity index (χ0) is 12.1. The number of rotatable bonds is 4. The van der Waals surface area contributed by atoms with Crippen molar-refractivity contribution in [1.82, 2.24) is 15.2 Å². The number of nitrogens with zero attached hydrogens (tertiary/aromatic N) is 3. The fourth-order valence-electron chi connectivity index (χ4n) is 1.77. The predicted molar refractivity (Wildman–Crippen MR) is 68.3 cm³/mol. The molecule has 4 nitrogen and oxygen atoms in total. The molecule has 4 heteroatoms. The molecule has 0 aliphatic carbocycles. The van der Waals surface area contributed by atoms with Crippen molar-refractivity contribution in [2.45, 2.75) is 6.42 Å². The standard InChI is InChI=1S/C13H16N4/c1-17(14)9-7-11-4-2-3-5-13(11)12-6-8-15-16-10-12/h2-6,8,10H,7,9,14H2,1H3/q+1. The van der Waals surface area contributed by atoms with Crippen molar-refractivity contribution < 1.29 is 0 Å². The third-order valence-electron chi connectivity index (χ3n) is 2.65. The molecule has 1 heterocycles. The van der Waals surface area contributed by atoms with Crippen LogP contribution >= 0.6 is 0 Å². The Bertz CT molecular complexity index is 468. The Morgan fingerprint density at radius 3 is 2.71 bits per heavy atom. The van der Waals surface area contributed by atoms with Crippen LogP contribution in [0.4, 0.5) is 0 Å². The van der Waals surface area contributed by atoms with E-state index in [0.717, 1.165) is 18.5 Å². The van der Waals surface area contributed by atoms with Gasteiger partial charge in [-0.05, 0) is 17.2 Å². The van der Waals surface area contributed by atoms with Gasteiger partial charge in [-0.15, -0.1) is 5.84 Å². The van der Waals surface area contributed by atoms with E-state index >= 15 is 0 Å². The van der Waals surface area contributed by atoms with Crippen molar-refractivity contribution in [3.05, 3.63) is 48.3 Å². The lowest BCUT2D eigenvalue weighted by Gasteiger charge is -2.08.